The van der Waals surface area contributed by atoms with Crippen LogP contribution >= 0.6 is 11.6 Å². The van der Waals surface area contributed by atoms with Crippen LogP contribution in [-0.2, 0) is 9.47 Å². The lowest BCUT2D eigenvalue weighted by Gasteiger charge is -2.22. The highest BCUT2D eigenvalue weighted by atomic mass is 35.5. The van der Waals surface area contributed by atoms with Crippen LogP contribution in [0.3, 0.4) is 0 Å². The highest BCUT2D eigenvalue weighted by Crippen LogP contribution is 2.31. The van der Waals surface area contributed by atoms with Gasteiger partial charge in [-0.2, -0.15) is 0 Å². The minimum Gasteiger partial charge on any atom is -0.444 e. The monoisotopic (exact) mass is 342 g/mol. The van der Waals surface area contributed by atoms with Gasteiger partial charge < -0.3 is 9.47 Å². The molecule has 0 fully saturated rings. The summed E-state index contributed by atoms with van der Waals surface area (Å²) >= 11 is 6.10. The molecule has 6 nitrogen and oxygen atoms in total. The summed E-state index contributed by atoms with van der Waals surface area (Å²) in [7, 11) is 0. The zero-order chi connectivity index (χ0) is 17.8. The maximum atomic E-state index is 11.9. The summed E-state index contributed by atoms with van der Waals surface area (Å²) in [6.07, 6.45) is -1.31. The number of para-hydroxylation sites is 1. The van der Waals surface area contributed by atoms with Crippen LogP contribution in [-0.4, -0.2) is 23.4 Å². The summed E-state index contributed by atoms with van der Waals surface area (Å²) in [5.41, 5.74) is -0.724. The molecule has 0 aromatic heterocycles. The number of benzene rings is 1. The van der Waals surface area contributed by atoms with E-state index in [1.54, 1.807) is 59.7 Å². The molecule has 2 amide bonds. The number of halogens is 1. The molecular weight excluding hydrogens is 320 g/mol. The van der Waals surface area contributed by atoms with Crippen LogP contribution in [0.1, 0.15) is 41.5 Å². The number of carbonyl (C=O) groups is 2. The fourth-order valence-corrected chi connectivity index (χ4v) is 1.80. The third kappa shape index (κ3) is 7.23. The SMILES string of the molecule is CC(C)(C)OC(=O)Nc1cccc(Cl)c1NC(=O)OC(C)(C)C. The van der Waals surface area contributed by atoms with E-state index >= 15 is 0 Å². The Hall–Kier alpha value is -1.95. The predicted molar refractivity (Wildman–Crippen MR) is 91.2 cm³/mol. The molecule has 7 heteroatoms. The molecule has 0 saturated heterocycles. The molecule has 2 N–H and O–H groups in total. The number of hydrogen-bond donors (Lipinski definition) is 2. The van der Waals surface area contributed by atoms with Crippen molar-refractivity contribution in [2.75, 3.05) is 10.6 Å². The molecule has 128 valence electrons. The lowest BCUT2D eigenvalue weighted by Crippen LogP contribution is -2.29. The maximum absolute atomic E-state index is 11.9. The molecule has 0 saturated carbocycles. The molecule has 1 rings (SSSR count). The van der Waals surface area contributed by atoms with Gasteiger partial charge >= 0.3 is 12.2 Å². The van der Waals surface area contributed by atoms with Crippen molar-refractivity contribution in [3.8, 4) is 0 Å². The molecule has 0 aliphatic heterocycles. The second kappa shape index (κ2) is 7.08. The number of hydrogen-bond acceptors (Lipinski definition) is 4. The summed E-state index contributed by atoms with van der Waals surface area (Å²) in [6.45, 7) is 10.5. The van der Waals surface area contributed by atoms with E-state index in [2.05, 4.69) is 10.6 Å². The van der Waals surface area contributed by atoms with Crippen LogP contribution in [0.15, 0.2) is 18.2 Å². The molecule has 0 unspecified atom stereocenters. The smallest absolute Gasteiger partial charge is 0.412 e. The lowest BCUT2D eigenvalue weighted by molar-refractivity contribution is 0.0621. The average Bonchev–Trinajstić information content (AvgIpc) is 2.28. The Labute approximate surface area is 141 Å². The molecule has 0 aliphatic carbocycles. The third-order valence-corrected chi connectivity index (χ3v) is 2.59. The Kier molecular flexibility index (Phi) is 5.88. The number of anilines is 2. The standard InChI is InChI=1S/C16H23ClN2O4/c1-15(2,3)22-13(20)18-11-9-7-8-10(17)12(11)19-14(21)23-16(4,5)6/h7-9H,1-6H3,(H,18,20)(H,19,21). The van der Waals surface area contributed by atoms with Crippen LogP contribution in [0.2, 0.25) is 5.02 Å². The lowest BCUT2D eigenvalue weighted by atomic mass is 10.2. The molecule has 0 heterocycles. The molecular formula is C16H23ClN2O4. The molecule has 0 radical (unpaired) electrons. The van der Waals surface area contributed by atoms with E-state index in [0.717, 1.165) is 0 Å². The summed E-state index contributed by atoms with van der Waals surface area (Å²) < 4.78 is 10.4. The van der Waals surface area contributed by atoms with E-state index in [0.29, 0.717) is 5.69 Å². The minimum atomic E-state index is -0.669. The van der Waals surface area contributed by atoms with Crippen LogP contribution in [0.4, 0.5) is 21.0 Å². The first kappa shape index (κ1) is 19.1. The van der Waals surface area contributed by atoms with Gasteiger partial charge in [0.1, 0.15) is 11.2 Å². The summed E-state index contributed by atoms with van der Waals surface area (Å²) in [5, 5.41) is 5.37. The van der Waals surface area contributed by atoms with E-state index in [-0.39, 0.29) is 10.7 Å². The van der Waals surface area contributed by atoms with Crippen LogP contribution in [0.5, 0.6) is 0 Å². The molecule has 0 spiro atoms. The van der Waals surface area contributed by atoms with Crippen molar-refractivity contribution in [3.05, 3.63) is 23.2 Å². The molecule has 23 heavy (non-hydrogen) atoms. The van der Waals surface area contributed by atoms with E-state index in [1.807, 2.05) is 0 Å². The number of ether oxygens (including phenoxy) is 2. The average molecular weight is 343 g/mol. The van der Waals surface area contributed by atoms with Gasteiger partial charge in [-0.05, 0) is 53.7 Å². The normalized spacial score (nSPS) is 11.6. The zero-order valence-electron chi connectivity index (χ0n) is 14.2. The first-order valence-electron chi connectivity index (χ1n) is 7.16. The number of amides is 2. The van der Waals surface area contributed by atoms with Crippen molar-refractivity contribution >= 4 is 35.2 Å². The van der Waals surface area contributed by atoms with Crippen molar-refractivity contribution < 1.29 is 19.1 Å². The van der Waals surface area contributed by atoms with Gasteiger partial charge in [0.25, 0.3) is 0 Å². The van der Waals surface area contributed by atoms with Crippen molar-refractivity contribution in [3.63, 3.8) is 0 Å². The summed E-state index contributed by atoms with van der Waals surface area (Å²) in [5.74, 6) is 0. The Morgan fingerprint density at radius 1 is 0.913 bits per heavy atom. The van der Waals surface area contributed by atoms with Gasteiger partial charge in [-0.1, -0.05) is 17.7 Å². The third-order valence-electron chi connectivity index (χ3n) is 2.28. The fraction of sp³-hybridized carbons (Fsp3) is 0.500. The minimum absolute atomic E-state index is 0.245. The second-order valence-electron chi connectivity index (χ2n) is 6.92. The van der Waals surface area contributed by atoms with Crippen molar-refractivity contribution in [2.24, 2.45) is 0 Å². The van der Waals surface area contributed by atoms with Crippen molar-refractivity contribution in [1.82, 2.24) is 0 Å². The molecule has 1 aromatic carbocycles. The first-order chi connectivity index (χ1) is 10.4. The first-order valence-corrected chi connectivity index (χ1v) is 7.54. The zero-order valence-corrected chi connectivity index (χ0v) is 15.0. The van der Waals surface area contributed by atoms with Crippen LogP contribution in [0, 0.1) is 0 Å². The predicted octanol–water partition coefficient (Wildman–Crippen LogP) is 5.03. The molecule has 0 atom stereocenters. The van der Waals surface area contributed by atoms with Gasteiger partial charge in [0.15, 0.2) is 0 Å². The maximum Gasteiger partial charge on any atom is 0.412 e. The molecule has 0 aliphatic rings. The summed E-state index contributed by atoms with van der Waals surface area (Å²) in [6, 6.07) is 4.84. The molecule has 1 aromatic rings. The van der Waals surface area contributed by atoms with Crippen molar-refractivity contribution in [2.45, 2.75) is 52.7 Å². The number of nitrogens with one attached hydrogen (secondary N) is 2. The van der Waals surface area contributed by atoms with Gasteiger partial charge in [0, 0.05) is 0 Å². The van der Waals surface area contributed by atoms with Gasteiger partial charge in [-0.3, -0.25) is 10.6 Å². The van der Waals surface area contributed by atoms with Gasteiger partial charge in [0.2, 0.25) is 0 Å². The topological polar surface area (TPSA) is 76.7 Å². The Morgan fingerprint density at radius 2 is 1.39 bits per heavy atom. The van der Waals surface area contributed by atoms with E-state index in [1.165, 1.54) is 0 Å². The van der Waals surface area contributed by atoms with Gasteiger partial charge in [0.05, 0.1) is 16.4 Å². The fourth-order valence-electron chi connectivity index (χ4n) is 1.57. The Balaban J connectivity index is 2.92. The van der Waals surface area contributed by atoms with Gasteiger partial charge in [-0.15, -0.1) is 0 Å². The largest absolute Gasteiger partial charge is 0.444 e. The highest BCUT2D eigenvalue weighted by molar-refractivity contribution is 6.34. The number of carbonyl (C=O) groups excluding carboxylic acids is 2. The second-order valence-corrected chi connectivity index (χ2v) is 7.32. The van der Waals surface area contributed by atoms with E-state index < -0.39 is 23.4 Å². The highest BCUT2D eigenvalue weighted by Gasteiger charge is 2.21. The quantitative estimate of drug-likeness (QED) is 0.789. The number of rotatable bonds is 2. The van der Waals surface area contributed by atoms with E-state index in [9.17, 15) is 9.59 Å². The Bertz CT molecular complexity index is 589. The van der Waals surface area contributed by atoms with E-state index in [4.69, 9.17) is 21.1 Å². The summed E-state index contributed by atoms with van der Waals surface area (Å²) in [4.78, 5) is 23.8. The van der Waals surface area contributed by atoms with Crippen LogP contribution in [0.25, 0.3) is 0 Å². The van der Waals surface area contributed by atoms with Crippen molar-refractivity contribution in [1.29, 1.82) is 0 Å². The van der Waals surface area contributed by atoms with Crippen LogP contribution < -0.4 is 10.6 Å². The molecule has 0 bridgehead atoms. The Morgan fingerprint density at radius 3 is 1.87 bits per heavy atom. The van der Waals surface area contributed by atoms with Gasteiger partial charge in [-0.25, -0.2) is 9.59 Å².